The second kappa shape index (κ2) is 12.2. The maximum Gasteiger partial charge on any atom is 0.240 e. The molecule has 1 atom stereocenters. The number of amides is 2. The molecule has 0 radical (unpaired) electrons. The summed E-state index contributed by atoms with van der Waals surface area (Å²) in [5.74, 6) is -0.300. The fourth-order valence-electron chi connectivity index (χ4n) is 4.64. The van der Waals surface area contributed by atoms with Gasteiger partial charge in [-0.2, -0.15) is 5.10 Å². The summed E-state index contributed by atoms with van der Waals surface area (Å²) in [7, 11) is 3.85. The molecule has 0 spiro atoms. The van der Waals surface area contributed by atoms with Crippen LogP contribution in [-0.4, -0.2) is 66.0 Å². The van der Waals surface area contributed by atoms with Crippen LogP contribution in [0.1, 0.15) is 16.4 Å². The fraction of sp³-hybridized carbons (Fsp3) is 0.233. The summed E-state index contributed by atoms with van der Waals surface area (Å²) in [5.41, 5.74) is 3.68. The van der Waals surface area contributed by atoms with Gasteiger partial charge in [0, 0.05) is 29.2 Å². The Labute approximate surface area is 241 Å². The third-order valence-electron chi connectivity index (χ3n) is 6.58. The van der Waals surface area contributed by atoms with Crippen LogP contribution in [0, 0.1) is 5.82 Å². The van der Waals surface area contributed by atoms with E-state index in [1.54, 1.807) is 16.8 Å². The molecule has 1 aromatic heterocycles. The summed E-state index contributed by atoms with van der Waals surface area (Å²) in [6.45, 7) is 0.932. The second-order valence-corrected chi connectivity index (χ2v) is 11.2. The Hall–Kier alpha value is -3.66. The highest BCUT2D eigenvalue weighted by atomic mass is 35.5. The summed E-state index contributed by atoms with van der Waals surface area (Å²) in [4.78, 5) is 30.3. The van der Waals surface area contributed by atoms with Crippen molar-refractivity contribution in [2.24, 2.45) is 0 Å². The summed E-state index contributed by atoms with van der Waals surface area (Å²) in [6.07, 6.45) is 0. The van der Waals surface area contributed by atoms with Crippen LogP contribution in [-0.2, 0) is 9.59 Å². The van der Waals surface area contributed by atoms with Crippen LogP contribution in [0.3, 0.4) is 0 Å². The van der Waals surface area contributed by atoms with Gasteiger partial charge in [0.15, 0.2) is 0 Å². The highest BCUT2D eigenvalue weighted by molar-refractivity contribution is 8.00. The smallest absolute Gasteiger partial charge is 0.240 e. The molecule has 0 bridgehead atoms. The number of likely N-dealkylation sites (N-methyl/N-ethyl adjacent to an activating group) is 1. The SMILES string of the molecule is CN(C)CCNC(=O)CN1C(=O)CS[C@@H](c2ccccc2Cl)c2c(-c3ccccc3)nn(-c3ccc(F)cc3)c21. The molecule has 1 N–H and O–H groups in total. The number of carbonyl (C=O) groups is 2. The zero-order valence-corrected chi connectivity index (χ0v) is 23.8. The molecule has 2 amide bonds. The molecule has 0 fully saturated rings. The number of benzene rings is 3. The third-order valence-corrected chi connectivity index (χ3v) is 8.16. The number of hydrogen-bond acceptors (Lipinski definition) is 5. The summed E-state index contributed by atoms with van der Waals surface area (Å²) in [5, 5.41) is 8.12. The van der Waals surface area contributed by atoms with Crippen LogP contribution in [0.5, 0.6) is 0 Å². The van der Waals surface area contributed by atoms with Crippen molar-refractivity contribution >= 4 is 41.0 Å². The molecule has 0 aliphatic carbocycles. The molecule has 1 aliphatic heterocycles. The lowest BCUT2D eigenvalue weighted by atomic mass is 9.99. The Balaban J connectivity index is 1.73. The molecule has 2 heterocycles. The van der Waals surface area contributed by atoms with Gasteiger partial charge in [0.2, 0.25) is 11.8 Å². The first kappa shape index (κ1) is 27.9. The minimum atomic E-state index is -0.386. The predicted molar refractivity (Wildman–Crippen MR) is 159 cm³/mol. The number of fused-ring (bicyclic) bond motifs is 1. The summed E-state index contributed by atoms with van der Waals surface area (Å²) in [6, 6.07) is 23.2. The van der Waals surface area contributed by atoms with Gasteiger partial charge >= 0.3 is 0 Å². The normalized spacial score (nSPS) is 15.2. The van der Waals surface area contributed by atoms with Crippen LogP contribution in [0.4, 0.5) is 10.2 Å². The maximum atomic E-state index is 13.9. The average Bonchev–Trinajstić information content (AvgIpc) is 3.27. The number of anilines is 1. The van der Waals surface area contributed by atoms with Crippen molar-refractivity contribution in [2.75, 3.05) is 44.4 Å². The molecular formula is C30H29ClFN5O2S. The average molecular weight is 578 g/mol. The van der Waals surface area contributed by atoms with Crippen molar-refractivity contribution < 1.29 is 14.0 Å². The number of nitrogens with zero attached hydrogens (tertiary/aromatic N) is 4. The standard InChI is InChI=1S/C30H29ClFN5O2S/c1-35(2)17-16-33-25(38)18-36-26(39)19-40-29(23-10-6-7-11-24(23)31)27-28(20-8-4-3-5-9-20)34-37(30(27)36)22-14-12-21(32)13-15-22/h3-15,29H,16-19H2,1-2H3,(H,33,38)/t29-/m0/s1. The molecule has 1 aliphatic rings. The van der Waals surface area contributed by atoms with Gasteiger partial charge in [-0.25, -0.2) is 9.07 Å². The van der Waals surface area contributed by atoms with E-state index in [1.807, 2.05) is 73.6 Å². The Bertz CT molecular complexity index is 1510. The first-order chi connectivity index (χ1) is 19.3. The molecule has 3 aromatic carbocycles. The van der Waals surface area contributed by atoms with E-state index in [2.05, 4.69) is 5.32 Å². The van der Waals surface area contributed by atoms with E-state index >= 15 is 0 Å². The quantitative estimate of drug-likeness (QED) is 0.313. The largest absolute Gasteiger partial charge is 0.353 e. The molecule has 7 nitrogen and oxygen atoms in total. The van der Waals surface area contributed by atoms with Gasteiger partial charge < -0.3 is 10.2 Å². The topological polar surface area (TPSA) is 70.5 Å². The number of hydrogen-bond donors (Lipinski definition) is 1. The molecule has 5 rings (SSSR count). The number of aromatic nitrogens is 2. The lowest BCUT2D eigenvalue weighted by Crippen LogP contribution is -2.43. The zero-order chi connectivity index (χ0) is 28.2. The van der Waals surface area contributed by atoms with Gasteiger partial charge in [0.25, 0.3) is 0 Å². The summed E-state index contributed by atoms with van der Waals surface area (Å²) >= 11 is 8.16. The van der Waals surface area contributed by atoms with E-state index in [1.165, 1.54) is 28.8 Å². The van der Waals surface area contributed by atoms with Crippen LogP contribution in [0.25, 0.3) is 16.9 Å². The van der Waals surface area contributed by atoms with Gasteiger partial charge in [-0.1, -0.05) is 60.1 Å². The lowest BCUT2D eigenvalue weighted by molar-refractivity contribution is -0.122. The number of rotatable bonds is 8. The number of halogens is 2. The minimum Gasteiger partial charge on any atom is -0.353 e. The van der Waals surface area contributed by atoms with E-state index in [9.17, 15) is 14.0 Å². The first-order valence-electron chi connectivity index (χ1n) is 12.9. The van der Waals surface area contributed by atoms with E-state index in [4.69, 9.17) is 16.7 Å². The highest BCUT2D eigenvalue weighted by Crippen LogP contribution is 2.49. The van der Waals surface area contributed by atoms with E-state index in [0.717, 1.165) is 16.7 Å². The van der Waals surface area contributed by atoms with Gasteiger partial charge in [-0.3, -0.25) is 14.5 Å². The van der Waals surface area contributed by atoms with Crippen molar-refractivity contribution in [2.45, 2.75) is 5.25 Å². The molecule has 0 saturated heterocycles. The molecule has 206 valence electrons. The van der Waals surface area contributed by atoms with E-state index in [0.29, 0.717) is 35.3 Å². The van der Waals surface area contributed by atoms with Crippen molar-refractivity contribution in [1.29, 1.82) is 0 Å². The first-order valence-corrected chi connectivity index (χ1v) is 14.3. The van der Waals surface area contributed by atoms with Crippen LogP contribution in [0.15, 0.2) is 78.9 Å². The monoisotopic (exact) mass is 577 g/mol. The van der Waals surface area contributed by atoms with Gasteiger partial charge in [-0.15, -0.1) is 11.8 Å². The molecule has 0 unspecified atom stereocenters. The van der Waals surface area contributed by atoms with Crippen molar-refractivity contribution in [1.82, 2.24) is 20.0 Å². The van der Waals surface area contributed by atoms with Crippen molar-refractivity contribution in [3.05, 3.63) is 101 Å². The highest BCUT2D eigenvalue weighted by Gasteiger charge is 2.38. The van der Waals surface area contributed by atoms with Crippen LogP contribution in [0.2, 0.25) is 5.02 Å². The Kier molecular flexibility index (Phi) is 8.54. The van der Waals surface area contributed by atoms with Gasteiger partial charge in [0.05, 0.1) is 22.4 Å². The number of nitrogens with one attached hydrogen (secondary N) is 1. The van der Waals surface area contributed by atoms with Crippen molar-refractivity contribution in [3.63, 3.8) is 0 Å². The Morgan fingerprint density at radius 3 is 2.48 bits per heavy atom. The number of thioether (sulfide) groups is 1. The lowest BCUT2D eigenvalue weighted by Gasteiger charge is -2.23. The fourth-order valence-corrected chi connectivity index (χ4v) is 6.19. The van der Waals surface area contributed by atoms with Crippen LogP contribution >= 0.6 is 23.4 Å². The zero-order valence-electron chi connectivity index (χ0n) is 22.2. The number of carbonyl (C=O) groups excluding carboxylic acids is 2. The predicted octanol–water partition coefficient (Wildman–Crippen LogP) is 5.18. The van der Waals surface area contributed by atoms with E-state index in [-0.39, 0.29) is 35.2 Å². The molecule has 40 heavy (non-hydrogen) atoms. The molecule has 4 aromatic rings. The summed E-state index contributed by atoms with van der Waals surface area (Å²) < 4.78 is 15.6. The van der Waals surface area contributed by atoms with Gasteiger partial charge in [-0.05, 0) is 50.0 Å². The van der Waals surface area contributed by atoms with Crippen LogP contribution < -0.4 is 10.2 Å². The third kappa shape index (κ3) is 5.91. The maximum absolute atomic E-state index is 13.9. The molecule has 10 heteroatoms. The molecule has 0 saturated carbocycles. The van der Waals surface area contributed by atoms with E-state index < -0.39 is 0 Å². The van der Waals surface area contributed by atoms with Crippen molar-refractivity contribution in [3.8, 4) is 16.9 Å². The Morgan fingerprint density at radius 1 is 1.07 bits per heavy atom. The molecular weight excluding hydrogens is 549 g/mol. The minimum absolute atomic E-state index is 0.132. The van der Waals surface area contributed by atoms with Gasteiger partial charge in [0.1, 0.15) is 18.2 Å². The second-order valence-electron chi connectivity index (χ2n) is 9.69. The Morgan fingerprint density at radius 2 is 1.77 bits per heavy atom.